The zero-order valence-electron chi connectivity index (χ0n) is 17.4. The van der Waals surface area contributed by atoms with E-state index in [1.807, 2.05) is 19.1 Å². The second-order valence-corrected chi connectivity index (χ2v) is 9.85. The van der Waals surface area contributed by atoms with Crippen molar-refractivity contribution >= 4 is 51.7 Å². The van der Waals surface area contributed by atoms with Gasteiger partial charge < -0.3 is 9.64 Å². The van der Waals surface area contributed by atoms with Crippen molar-refractivity contribution in [2.75, 3.05) is 31.2 Å². The van der Waals surface area contributed by atoms with Crippen LogP contribution < -0.4 is 10.5 Å². The molecule has 3 fully saturated rings. The quantitative estimate of drug-likeness (QED) is 0.520. The number of fused-ring (bicyclic) bond motifs is 1. The van der Waals surface area contributed by atoms with Gasteiger partial charge in [-0.2, -0.15) is 0 Å². The zero-order valence-corrected chi connectivity index (χ0v) is 19.0. The molecule has 2 aliphatic heterocycles. The average molecular weight is 457 g/mol. The van der Waals surface area contributed by atoms with Gasteiger partial charge in [0.05, 0.1) is 23.7 Å². The molecule has 0 atom stereocenters. The number of nitrogens with zero attached hydrogens (tertiary/aromatic N) is 4. The Bertz CT molecular complexity index is 1150. The fourth-order valence-corrected chi connectivity index (χ4v) is 5.86. The molecule has 7 nitrogen and oxygen atoms in total. The molecule has 5 rings (SSSR count). The lowest BCUT2D eigenvalue weighted by molar-refractivity contribution is -0.123. The molecule has 1 amide bonds. The third-order valence-corrected chi connectivity index (χ3v) is 7.42. The standard InChI is InChI=1S/C22H24N4O3S2/c1-14-6-7-18-23-19(24-8-10-29-11-9-24)16(20(27)25(18)13-14)12-17-21(28)26(22(30)31-17)15-4-2-3-5-15/h6-7,12-13,15H,2-5,8-11H2,1H3/b17-12+. The van der Waals surface area contributed by atoms with Gasteiger partial charge in [0, 0.05) is 25.3 Å². The number of aryl methyl sites for hydroxylation is 1. The van der Waals surface area contributed by atoms with Gasteiger partial charge in [-0.1, -0.05) is 42.9 Å². The minimum atomic E-state index is -0.179. The van der Waals surface area contributed by atoms with Crippen molar-refractivity contribution in [1.82, 2.24) is 14.3 Å². The maximum Gasteiger partial charge on any atom is 0.267 e. The van der Waals surface area contributed by atoms with Crippen molar-refractivity contribution in [3.63, 3.8) is 0 Å². The molecule has 31 heavy (non-hydrogen) atoms. The largest absolute Gasteiger partial charge is 0.378 e. The van der Waals surface area contributed by atoms with Crippen molar-refractivity contribution in [2.24, 2.45) is 0 Å². The molecule has 0 aromatic carbocycles. The van der Waals surface area contributed by atoms with Crippen LogP contribution in [-0.2, 0) is 9.53 Å². The highest BCUT2D eigenvalue weighted by Crippen LogP contribution is 2.38. The van der Waals surface area contributed by atoms with Crippen LogP contribution in [0, 0.1) is 6.92 Å². The number of thiocarbonyl (C=S) groups is 1. The van der Waals surface area contributed by atoms with Gasteiger partial charge in [-0.15, -0.1) is 0 Å². The van der Waals surface area contributed by atoms with Crippen molar-refractivity contribution in [2.45, 2.75) is 38.6 Å². The maximum atomic E-state index is 13.5. The van der Waals surface area contributed by atoms with E-state index in [0.29, 0.717) is 52.6 Å². The van der Waals surface area contributed by atoms with Crippen LogP contribution in [0.5, 0.6) is 0 Å². The number of amides is 1. The molecule has 4 heterocycles. The van der Waals surface area contributed by atoms with E-state index in [0.717, 1.165) is 31.2 Å². The maximum absolute atomic E-state index is 13.5. The number of anilines is 1. The van der Waals surface area contributed by atoms with E-state index in [1.54, 1.807) is 21.6 Å². The van der Waals surface area contributed by atoms with Crippen molar-refractivity contribution in [1.29, 1.82) is 0 Å². The summed E-state index contributed by atoms with van der Waals surface area (Å²) in [6.07, 6.45) is 7.70. The molecule has 0 radical (unpaired) electrons. The number of ether oxygens (including phenoxy) is 1. The highest BCUT2D eigenvalue weighted by molar-refractivity contribution is 8.26. The lowest BCUT2D eigenvalue weighted by Gasteiger charge is -2.29. The third kappa shape index (κ3) is 3.79. The first-order chi connectivity index (χ1) is 15.0. The van der Waals surface area contributed by atoms with Crippen molar-refractivity contribution in [3.8, 4) is 0 Å². The van der Waals surface area contributed by atoms with Gasteiger partial charge in [-0.05, 0) is 37.5 Å². The van der Waals surface area contributed by atoms with E-state index in [1.165, 1.54) is 11.8 Å². The second kappa shape index (κ2) is 8.37. The highest BCUT2D eigenvalue weighted by atomic mass is 32.2. The number of pyridine rings is 1. The third-order valence-electron chi connectivity index (χ3n) is 6.08. The first-order valence-corrected chi connectivity index (χ1v) is 11.9. The molecule has 9 heteroatoms. The number of thioether (sulfide) groups is 1. The van der Waals surface area contributed by atoms with Crippen LogP contribution in [0.1, 0.15) is 36.8 Å². The van der Waals surface area contributed by atoms with Crippen LogP contribution in [0.15, 0.2) is 28.0 Å². The van der Waals surface area contributed by atoms with E-state index in [4.69, 9.17) is 21.9 Å². The molecule has 1 aliphatic carbocycles. The van der Waals surface area contributed by atoms with Crippen LogP contribution >= 0.6 is 24.0 Å². The summed E-state index contributed by atoms with van der Waals surface area (Å²) in [5.41, 5.74) is 1.81. The van der Waals surface area contributed by atoms with Crippen LogP contribution in [0.25, 0.3) is 11.7 Å². The number of carbonyl (C=O) groups excluding carboxylic acids is 1. The van der Waals surface area contributed by atoms with E-state index in [-0.39, 0.29) is 17.5 Å². The van der Waals surface area contributed by atoms with Crippen molar-refractivity contribution < 1.29 is 9.53 Å². The number of hydrogen-bond acceptors (Lipinski definition) is 7. The monoisotopic (exact) mass is 456 g/mol. The van der Waals surface area contributed by atoms with Crippen LogP contribution in [0.3, 0.4) is 0 Å². The van der Waals surface area contributed by atoms with E-state index in [2.05, 4.69) is 4.90 Å². The molecule has 0 N–H and O–H groups in total. The summed E-state index contributed by atoms with van der Waals surface area (Å²) >= 11 is 6.82. The summed E-state index contributed by atoms with van der Waals surface area (Å²) in [6, 6.07) is 3.97. The molecule has 0 spiro atoms. The van der Waals surface area contributed by atoms with Crippen molar-refractivity contribution in [3.05, 3.63) is 44.7 Å². The van der Waals surface area contributed by atoms with Crippen LogP contribution in [0.4, 0.5) is 5.82 Å². The van der Waals surface area contributed by atoms with E-state index >= 15 is 0 Å². The SMILES string of the molecule is Cc1ccc2nc(N3CCOCC3)c(/C=C3/SC(=S)N(C4CCCC4)C3=O)c(=O)n2c1. The Morgan fingerprint density at radius 2 is 1.94 bits per heavy atom. The summed E-state index contributed by atoms with van der Waals surface area (Å²) in [5.74, 6) is 0.506. The molecule has 2 aromatic heterocycles. The fraction of sp³-hybridized carbons (Fsp3) is 0.455. The smallest absolute Gasteiger partial charge is 0.267 e. The molecule has 162 valence electrons. The summed E-state index contributed by atoms with van der Waals surface area (Å²) in [4.78, 5) is 35.8. The Hall–Kier alpha value is -2.23. The molecule has 2 saturated heterocycles. The lowest BCUT2D eigenvalue weighted by atomic mass is 10.2. The summed E-state index contributed by atoms with van der Waals surface area (Å²) in [5, 5.41) is 0. The number of aromatic nitrogens is 2. The minimum Gasteiger partial charge on any atom is -0.378 e. The first kappa shape index (κ1) is 20.7. The van der Waals surface area contributed by atoms with Crippen LogP contribution in [-0.4, -0.2) is 56.9 Å². The number of hydrogen-bond donors (Lipinski definition) is 0. The number of carbonyl (C=O) groups is 1. The van der Waals surface area contributed by atoms with Gasteiger partial charge in [0.15, 0.2) is 0 Å². The topological polar surface area (TPSA) is 67.2 Å². The van der Waals surface area contributed by atoms with Gasteiger partial charge in [0.1, 0.15) is 15.8 Å². The predicted octanol–water partition coefficient (Wildman–Crippen LogP) is 2.98. The lowest BCUT2D eigenvalue weighted by Crippen LogP contribution is -2.39. The number of morpholine rings is 1. The molecular weight excluding hydrogens is 432 g/mol. The van der Waals surface area contributed by atoms with Gasteiger partial charge in [-0.3, -0.25) is 18.9 Å². The van der Waals surface area contributed by atoms with Gasteiger partial charge in [0.2, 0.25) is 0 Å². The van der Waals surface area contributed by atoms with Gasteiger partial charge in [-0.25, -0.2) is 4.98 Å². The molecule has 1 saturated carbocycles. The molecule has 3 aliphatic rings. The Kier molecular flexibility index (Phi) is 5.58. The zero-order chi connectivity index (χ0) is 21.5. The van der Waals surface area contributed by atoms with Gasteiger partial charge in [0.25, 0.3) is 11.5 Å². The van der Waals surface area contributed by atoms with Crippen LogP contribution in [0.2, 0.25) is 0 Å². The van der Waals surface area contributed by atoms with E-state index in [9.17, 15) is 9.59 Å². The molecular formula is C22H24N4O3S2. The Labute approximate surface area is 190 Å². The van der Waals surface area contributed by atoms with E-state index < -0.39 is 0 Å². The average Bonchev–Trinajstić information content (AvgIpc) is 3.39. The molecule has 2 aromatic rings. The Morgan fingerprint density at radius 1 is 1.19 bits per heavy atom. The van der Waals surface area contributed by atoms with Gasteiger partial charge >= 0.3 is 0 Å². The normalized spacial score (nSPS) is 21.8. The Morgan fingerprint density at radius 3 is 2.68 bits per heavy atom. The minimum absolute atomic E-state index is 0.0939. The summed E-state index contributed by atoms with van der Waals surface area (Å²) < 4.78 is 7.62. The molecule has 0 bridgehead atoms. The predicted molar refractivity (Wildman–Crippen MR) is 126 cm³/mol. The highest BCUT2D eigenvalue weighted by Gasteiger charge is 2.38. The summed E-state index contributed by atoms with van der Waals surface area (Å²) in [7, 11) is 0. The fourth-order valence-electron chi connectivity index (χ4n) is 4.48. The number of rotatable bonds is 3. The summed E-state index contributed by atoms with van der Waals surface area (Å²) in [6.45, 7) is 4.40. The first-order valence-electron chi connectivity index (χ1n) is 10.7. The molecule has 0 unspecified atom stereocenters. The Balaban J connectivity index is 1.62. The second-order valence-electron chi connectivity index (χ2n) is 8.18.